The van der Waals surface area contributed by atoms with Crippen LogP contribution in [0.3, 0.4) is 0 Å². The first-order valence-corrected chi connectivity index (χ1v) is 11.7. The van der Waals surface area contributed by atoms with Crippen molar-refractivity contribution >= 4 is 52.5 Å². The quantitative estimate of drug-likeness (QED) is 0.399. The number of hydrogen-bond donors (Lipinski definition) is 1. The fourth-order valence-corrected chi connectivity index (χ4v) is 4.88. The molecule has 0 unspecified atom stereocenters. The minimum Gasteiger partial charge on any atom is -0.493 e. The van der Waals surface area contributed by atoms with Crippen molar-refractivity contribution in [3.8, 4) is 11.5 Å². The van der Waals surface area contributed by atoms with E-state index in [2.05, 4.69) is 5.32 Å². The summed E-state index contributed by atoms with van der Waals surface area (Å²) < 4.78 is 11.4. The normalized spacial score (nSPS) is 18.2. The molecule has 32 heavy (non-hydrogen) atoms. The van der Waals surface area contributed by atoms with Crippen molar-refractivity contribution in [1.29, 1.82) is 0 Å². The van der Waals surface area contributed by atoms with E-state index in [0.29, 0.717) is 32.4 Å². The molecule has 0 bridgehead atoms. The summed E-state index contributed by atoms with van der Waals surface area (Å²) in [7, 11) is 1.58. The summed E-state index contributed by atoms with van der Waals surface area (Å²) in [4.78, 5) is 14.7. The first kappa shape index (κ1) is 22.9. The molecule has 2 aromatic carbocycles. The van der Waals surface area contributed by atoms with Gasteiger partial charge in [0.25, 0.3) is 5.91 Å². The molecule has 1 saturated heterocycles. The highest BCUT2D eigenvalue weighted by molar-refractivity contribution is 7.80. The summed E-state index contributed by atoms with van der Waals surface area (Å²) in [5, 5.41) is 4.68. The van der Waals surface area contributed by atoms with E-state index >= 15 is 0 Å². The fourth-order valence-electron chi connectivity index (χ4n) is 4.07. The van der Waals surface area contributed by atoms with Crippen LogP contribution in [0.15, 0.2) is 42.1 Å². The van der Waals surface area contributed by atoms with Crippen LogP contribution in [0, 0.1) is 0 Å². The Balaban J connectivity index is 1.49. The van der Waals surface area contributed by atoms with Crippen LogP contribution >= 0.6 is 35.4 Å². The molecular weight excluding hydrogens is 467 g/mol. The Bertz CT molecular complexity index is 1070. The Kier molecular flexibility index (Phi) is 7.23. The lowest BCUT2D eigenvalue weighted by atomic mass is 9.94. The maximum Gasteiger partial charge on any atom is 0.276 e. The van der Waals surface area contributed by atoms with Crippen LogP contribution < -0.4 is 14.8 Å². The molecule has 1 aliphatic carbocycles. The fraction of sp³-hybridized carbons (Fsp3) is 0.333. The Morgan fingerprint density at radius 2 is 1.91 bits per heavy atom. The number of halogens is 2. The Hall–Kier alpha value is -2.28. The minimum atomic E-state index is -0.0708. The van der Waals surface area contributed by atoms with E-state index in [1.807, 2.05) is 24.3 Å². The van der Waals surface area contributed by atoms with Gasteiger partial charge in [-0.25, -0.2) is 0 Å². The predicted molar refractivity (Wildman–Crippen MR) is 131 cm³/mol. The van der Waals surface area contributed by atoms with Gasteiger partial charge in [-0.15, -0.1) is 0 Å². The third-order valence-electron chi connectivity index (χ3n) is 5.75. The number of rotatable bonds is 6. The van der Waals surface area contributed by atoms with Crippen LogP contribution in [0.5, 0.6) is 11.5 Å². The number of ether oxygens (including phenoxy) is 2. The zero-order valence-corrected chi connectivity index (χ0v) is 20.0. The van der Waals surface area contributed by atoms with Crippen molar-refractivity contribution in [3.63, 3.8) is 0 Å². The van der Waals surface area contributed by atoms with Gasteiger partial charge in [0.2, 0.25) is 0 Å². The molecule has 1 heterocycles. The van der Waals surface area contributed by atoms with Crippen LogP contribution in [0.1, 0.15) is 43.2 Å². The van der Waals surface area contributed by atoms with Crippen molar-refractivity contribution < 1.29 is 14.3 Å². The average molecular weight is 491 g/mol. The van der Waals surface area contributed by atoms with E-state index in [4.69, 9.17) is 44.9 Å². The molecule has 0 aromatic heterocycles. The summed E-state index contributed by atoms with van der Waals surface area (Å²) in [6, 6.07) is 11.0. The lowest BCUT2D eigenvalue weighted by Crippen LogP contribution is -2.41. The molecule has 1 saturated carbocycles. The number of benzene rings is 2. The molecule has 0 radical (unpaired) electrons. The van der Waals surface area contributed by atoms with Gasteiger partial charge in [-0.05, 0) is 61.0 Å². The van der Waals surface area contributed by atoms with Gasteiger partial charge in [0.1, 0.15) is 12.3 Å². The largest absolute Gasteiger partial charge is 0.493 e. The SMILES string of the molecule is COc1cc(/C=C2\NC(=S)N(C3CCCCC3)C2=O)ccc1OCc1ccc(Cl)cc1Cl. The van der Waals surface area contributed by atoms with Crippen molar-refractivity contribution in [2.75, 3.05) is 7.11 Å². The van der Waals surface area contributed by atoms with E-state index < -0.39 is 0 Å². The maximum absolute atomic E-state index is 13.0. The molecule has 168 valence electrons. The molecule has 1 N–H and O–H groups in total. The van der Waals surface area contributed by atoms with Gasteiger partial charge in [-0.3, -0.25) is 9.69 Å². The second-order valence-corrected chi connectivity index (χ2v) is 9.12. The van der Waals surface area contributed by atoms with Crippen LogP contribution in [0.2, 0.25) is 10.0 Å². The lowest BCUT2D eigenvalue weighted by Gasteiger charge is -2.29. The topological polar surface area (TPSA) is 50.8 Å². The molecule has 8 heteroatoms. The lowest BCUT2D eigenvalue weighted by molar-refractivity contribution is -0.124. The zero-order valence-electron chi connectivity index (χ0n) is 17.7. The zero-order chi connectivity index (χ0) is 22.7. The number of nitrogens with one attached hydrogen (secondary N) is 1. The number of carbonyl (C=O) groups is 1. The van der Waals surface area contributed by atoms with E-state index in [-0.39, 0.29) is 18.6 Å². The molecule has 1 amide bonds. The second kappa shape index (κ2) is 10.1. The van der Waals surface area contributed by atoms with Crippen molar-refractivity contribution in [2.24, 2.45) is 0 Å². The van der Waals surface area contributed by atoms with Gasteiger partial charge in [-0.2, -0.15) is 0 Å². The summed E-state index contributed by atoms with van der Waals surface area (Å²) in [6.45, 7) is 0.275. The monoisotopic (exact) mass is 490 g/mol. The number of nitrogens with zero attached hydrogens (tertiary/aromatic N) is 1. The average Bonchev–Trinajstić information content (AvgIpc) is 3.07. The second-order valence-electron chi connectivity index (χ2n) is 7.89. The van der Waals surface area contributed by atoms with Gasteiger partial charge < -0.3 is 14.8 Å². The van der Waals surface area contributed by atoms with Gasteiger partial charge in [0.05, 0.1) is 7.11 Å². The maximum atomic E-state index is 13.0. The third kappa shape index (κ3) is 5.03. The Morgan fingerprint density at radius 3 is 2.62 bits per heavy atom. The van der Waals surface area contributed by atoms with Crippen molar-refractivity contribution in [1.82, 2.24) is 10.2 Å². The Labute approximate surface area is 203 Å². The summed E-state index contributed by atoms with van der Waals surface area (Å²) in [5.74, 6) is 1.06. The van der Waals surface area contributed by atoms with E-state index in [1.165, 1.54) is 6.42 Å². The van der Waals surface area contributed by atoms with Crippen LogP contribution in [-0.2, 0) is 11.4 Å². The molecule has 4 rings (SSSR count). The molecule has 0 atom stereocenters. The number of methoxy groups -OCH3 is 1. The van der Waals surface area contributed by atoms with Crippen molar-refractivity contribution in [2.45, 2.75) is 44.8 Å². The standard InChI is InChI=1S/C24H24Cl2N2O3S/c1-30-22-12-15(7-10-21(22)31-14-16-8-9-17(25)13-19(16)26)11-20-23(29)28(24(32)27-20)18-5-3-2-4-6-18/h7-13,18H,2-6,14H2,1H3,(H,27,32)/b20-11-. The van der Waals surface area contributed by atoms with Gasteiger partial charge in [0.15, 0.2) is 16.6 Å². The summed E-state index contributed by atoms with van der Waals surface area (Å²) in [6.07, 6.45) is 7.28. The molecule has 1 aliphatic heterocycles. The number of thiocarbonyl (C=S) groups is 1. The van der Waals surface area contributed by atoms with Gasteiger partial charge in [-0.1, -0.05) is 54.6 Å². The third-order valence-corrected chi connectivity index (χ3v) is 6.63. The van der Waals surface area contributed by atoms with Crippen LogP contribution in [-0.4, -0.2) is 29.1 Å². The van der Waals surface area contributed by atoms with Crippen molar-refractivity contribution in [3.05, 3.63) is 63.3 Å². The van der Waals surface area contributed by atoms with E-state index in [1.54, 1.807) is 30.2 Å². The van der Waals surface area contributed by atoms with Crippen LogP contribution in [0.4, 0.5) is 0 Å². The molecule has 5 nitrogen and oxygen atoms in total. The van der Waals surface area contributed by atoms with Gasteiger partial charge in [0, 0.05) is 21.7 Å². The summed E-state index contributed by atoms with van der Waals surface area (Å²) in [5.41, 5.74) is 2.11. The first-order chi connectivity index (χ1) is 15.5. The molecule has 2 aromatic rings. The van der Waals surface area contributed by atoms with E-state index in [9.17, 15) is 4.79 Å². The molecular formula is C24H24Cl2N2O3S. The first-order valence-electron chi connectivity index (χ1n) is 10.6. The highest BCUT2D eigenvalue weighted by atomic mass is 35.5. The molecule has 2 aliphatic rings. The number of amides is 1. The van der Waals surface area contributed by atoms with Gasteiger partial charge >= 0.3 is 0 Å². The smallest absolute Gasteiger partial charge is 0.276 e. The minimum absolute atomic E-state index is 0.0708. The summed E-state index contributed by atoms with van der Waals surface area (Å²) >= 11 is 17.6. The Morgan fingerprint density at radius 1 is 1.12 bits per heavy atom. The van der Waals surface area contributed by atoms with E-state index in [0.717, 1.165) is 36.8 Å². The molecule has 2 fully saturated rings. The highest BCUT2D eigenvalue weighted by Crippen LogP contribution is 2.32. The number of hydrogen-bond acceptors (Lipinski definition) is 4. The van der Waals surface area contributed by atoms with Crippen LogP contribution in [0.25, 0.3) is 6.08 Å². The molecule has 0 spiro atoms. The number of carbonyl (C=O) groups excluding carboxylic acids is 1. The highest BCUT2D eigenvalue weighted by Gasteiger charge is 2.36. The predicted octanol–water partition coefficient (Wildman–Crippen LogP) is 5.97.